The number of benzene rings is 3. The van der Waals surface area contributed by atoms with Crippen LogP contribution in [0.5, 0.6) is 11.5 Å². The first-order valence-corrected chi connectivity index (χ1v) is 13.0. The summed E-state index contributed by atoms with van der Waals surface area (Å²) in [6.45, 7) is 1.37. The van der Waals surface area contributed by atoms with Gasteiger partial charge in [0.1, 0.15) is 16.4 Å². The quantitative estimate of drug-likeness (QED) is 0.454. The number of carbonyl (C=O) groups excluding carboxylic acids is 1. The van der Waals surface area contributed by atoms with E-state index in [9.17, 15) is 13.2 Å². The highest BCUT2D eigenvalue weighted by atomic mass is 32.2. The first-order chi connectivity index (χ1) is 16.9. The molecule has 2 N–H and O–H groups in total. The van der Waals surface area contributed by atoms with E-state index < -0.39 is 10.0 Å². The van der Waals surface area contributed by atoms with Crippen molar-refractivity contribution < 1.29 is 22.7 Å². The van der Waals surface area contributed by atoms with Crippen molar-refractivity contribution in [1.82, 2.24) is 0 Å². The molecule has 0 bridgehead atoms. The molecule has 3 aromatic rings. The van der Waals surface area contributed by atoms with E-state index in [1.54, 1.807) is 55.6 Å². The summed E-state index contributed by atoms with van der Waals surface area (Å²) in [6.07, 6.45) is 3.12. The molecular weight excluding hydrogens is 466 g/mol. The van der Waals surface area contributed by atoms with Gasteiger partial charge in [0, 0.05) is 24.5 Å². The summed E-state index contributed by atoms with van der Waals surface area (Å²) >= 11 is 0. The van der Waals surface area contributed by atoms with Gasteiger partial charge >= 0.3 is 0 Å². The van der Waals surface area contributed by atoms with Crippen molar-refractivity contribution in [2.75, 3.05) is 41.7 Å². The smallest absolute Gasteiger partial charge is 0.264 e. The molecule has 0 spiro atoms. The van der Waals surface area contributed by atoms with E-state index in [0.29, 0.717) is 28.6 Å². The van der Waals surface area contributed by atoms with Crippen LogP contribution < -0.4 is 24.4 Å². The minimum Gasteiger partial charge on any atom is -0.497 e. The summed E-state index contributed by atoms with van der Waals surface area (Å²) < 4.78 is 40.2. The Hall–Kier alpha value is -3.72. The van der Waals surface area contributed by atoms with E-state index in [1.165, 1.54) is 6.07 Å². The molecule has 1 aliphatic rings. The molecule has 0 radical (unpaired) electrons. The van der Waals surface area contributed by atoms with Crippen LogP contribution in [0.1, 0.15) is 19.3 Å². The zero-order chi connectivity index (χ0) is 24.7. The maximum Gasteiger partial charge on any atom is 0.264 e. The molecular formula is C26H29N3O5S. The van der Waals surface area contributed by atoms with Crippen molar-refractivity contribution >= 4 is 33.0 Å². The first-order valence-electron chi connectivity index (χ1n) is 11.5. The number of nitrogens with one attached hydrogen (secondary N) is 2. The van der Waals surface area contributed by atoms with Gasteiger partial charge in [0.05, 0.1) is 12.8 Å². The second-order valence-corrected chi connectivity index (χ2v) is 9.86. The molecule has 0 aromatic heterocycles. The summed E-state index contributed by atoms with van der Waals surface area (Å²) in [5.41, 5.74) is 1.41. The van der Waals surface area contributed by atoms with Gasteiger partial charge < -0.3 is 19.7 Å². The number of nitrogens with zero attached hydrogens (tertiary/aromatic N) is 1. The van der Waals surface area contributed by atoms with Gasteiger partial charge in [-0.05, 0) is 73.9 Å². The number of hydrogen-bond donors (Lipinski definition) is 2. The van der Waals surface area contributed by atoms with E-state index in [1.807, 2.05) is 18.2 Å². The predicted molar refractivity (Wildman–Crippen MR) is 137 cm³/mol. The number of amides is 1. The number of anilines is 3. The highest BCUT2D eigenvalue weighted by Crippen LogP contribution is 2.32. The number of ether oxygens (including phenoxy) is 2. The Morgan fingerprint density at radius 2 is 1.57 bits per heavy atom. The number of piperidine rings is 1. The number of hydrogen-bond acceptors (Lipinski definition) is 6. The van der Waals surface area contributed by atoms with Gasteiger partial charge in [-0.1, -0.05) is 18.2 Å². The molecule has 3 aromatic carbocycles. The Kier molecular flexibility index (Phi) is 7.77. The van der Waals surface area contributed by atoms with Crippen molar-refractivity contribution in [2.45, 2.75) is 24.2 Å². The number of rotatable bonds is 9. The van der Waals surface area contributed by atoms with Crippen LogP contribution in [0.4, 0.5) is 17.1 Å². The molecule has 0 atom stereocenters. The maximum atomic E-state index is 13.5. The number of para-hydroxylation sites is 1. The lowest BCUT2D eigenvalue weighted by atomic mass is 10.1. The van der Waals surface area contributed by atoms with Gasteiger partial charge in [-0.15, -0.1) is 0 Å². The van der Waals surface area contributed by atoms with Crippen molar-refractivity contribution in [3.8, 4) is 11.5 Å². The normalized spacial score (nSPS) is 13.7. The van der Waals surface area contributed by atoms with E-state index >= 15 is 0 Å². The zero-order valence-electron chi connectivity index (χ0n) is 19.6. The zero-order valence-corrected chi connectivity index (χ0v) is 20.4. The van der Waals surface area contributed by atoms with Gasteiger partial charge in [-0.2, -0.15) is 0 Å². The molecule has 1 heterocycles. The maximum absolute atomic E-state index is 13.5. The topological polar surface area (TPSA) is 97.0 Å². The molecule has 0 unspecified atom stereocenters. The fourth-order valence-corrected chi connectivity index (χ4v) is 5.25. The summed E-state index contributed by atoms with van der Waals surface area (Å²) in [6, 6.07) is 20.6. The molecule has 184 valence electrons. The second kappa shape index (κ2) is 11.1. The molecule has 1 amide bonds. The molecule has 0 saturated carbocycles. The van der Waals surface area contributed by atoms with Gasteiger partial charge in [-0.25, -0.2) is 8.42 Å². The second-order valence-electron chi connectivity index (χ2n) is 8.21. The van der Waals surface area contributed by atoms with Crippen LogP contribution >= 0.6 is 0 Å². The molecule has 35 heavy (non-hydrogen) atoms. The van der Waals surface area contributed by atoms with Crippen molar-refractivity contribution in [3.05, 3.63) is 72.8 Å². The van der Waals surface area contributed by atoms with Gasteiger partial charge in [0.25, 0.3) is 15.9 Å². The van der Waals surface area contributed by atoms with Crippen molar-refractivity contribution in [1.29, 1.82) is 0 Å². The predicted octanol–water partition coefficient (Wildman–Crippen LogP) is 4.50. The van der Waals surface area contributed by atoms with Crippen LogP contribution in [0, 0.1) is 0 Å². The molecule has 1 saturated heterocycles. The van der Waals surface area contributed by atoms with Gasteiger partial charge in [0.2, 0.25) is 0 Å². The molecule has 4 rings (SSSR count). The standard InChI is InChI=1S/C26H29N3O5S/c1-33-22-13-10-20(11-14-22)28-35(31,32)25-18-21(12-15-24(25)29-16-6-3-7-17-29)27-26(30)19-34-23-8-4-2-5-9-23/h2,4-5,8-15,18,28H,3,6-7,16-17,19H2,1H3,(H,27,30). The fraction of sp³-hybridized carbons (Fsp3) is 0.269. The summed E-state index contributed by atoms with van der Waals surface area (Å²) in [7, 11) is -2.39. The average Bonchev–Trinajstić information content (AvgIpc) is 2.89. The molecule has 8 nitrogen and oxygen atoms in total. The van der Waals surface area contributed by atoms with E-state index in [-0.39, 0.29) is 17.4 Å². The lowest BCUT2D eigenvalue weighted by Crippen LogP contribution is -2.31. The van der Waals surface area contributed by atoms with Crippen LogP contribution in [-0.2, 0) is 14.8 Å². The lowest BCUT2D eigenvalue weighted by Gasteiger charge is -2.30. The van der Waals surface area contributed by atoms with E-state index in [2.05, 4.69) is 14.9 Å². The van der Waals surface area contributed by atoms with Gasteiger partial charge in [0.15, 0.2) is 6.61 Å². The van der Waals surface area contributed by atoms with Crippen LogP contribution in [0.3, 0.4) is 0 Å². The Morgan fingerprint density at radius 3 is 2.26 bits per heavy atom. The first kappa shape index (κ1) is 24.4. The minimum absolute atomic E-state index is 0.108. The molecule has 0 aliphatic carbocycles. The Balaban J connectivity index is 1.56. The average molecular weight is 496 g/mol. The van der Waals surface area contributed by atoms with Crippen LogP contribution in [0.2, 0.25) is 0 Å². The molecule has 1 aliphatic heterocycles. The van der Waals surface area contributed by atoms with Crippen LogP contribution in [-0.4, -0.2) is 41.1 Å². The Labute approximate surface area is 205 Å². The molecule has 9 heteroatoms. The molecule has 1 fully saturated rings. The third kappa shape index (κ3) is 6.45. The highest BCUT2D eigenvalue weighted by molar-refractivity contribution is 7.92. The lowest BCUT2D eigenvalue weighted by molar-refractivity contribution is -0.118. The van der Waals surface area contributed by atoms with E-state index in [0.717, 1.165) is 32.4 Å². The summed E-state index contributed by atoms with van der Waals surface area (Å²) in [5.74, 6) is 0.825. The Morgan fingerprint density at radius 1 is 0.886 bits per heavy atom. The van der Waals surface area contributed by atoms with Crippen molar-refractivity contribution in [2.24, 2.45) is 0 Å². The van der Waals surface area contributed by atoms with Gasteiger partial charge in [-0.3, -0.25) is 9.52 Å². The largest absolute Gasteiger partial charge is 0.497 e. The minimum atomic E-state index is -3.94. The van der Waals surface area contributed by atoms with E-state index in [4.69, 9.17) is 9.47 Å². The monoisotopic (exact) mass is 495 g/mol. The van der Waals surface area contributed by atoms with Crippen LogP contribution in [0.15, 0.2) is 77.7 Å². The number of methoxy groups -OCH3 is 1. The summed E-state index contributed by atoms with van der Waals surface area (Å²) in [4.78, 5) is 14.6. The Bertz CT molecular complexity index is 1240. The SMILES string of the molecule is COc1ccc(NS(=O)(=O)c2cc(NC(=O)COc3ccccc3)ccc2N2CCCCC2)cc1. The van der Waals surface area contributed by atoms with Crippen molar-refractivity contribution in [3.63, 3.8) is 0 Å². The number of carbonyl (C=O) groups is 1. The fourth-order valence-electron chi connectivity index (χ4n) is 3.94. The third-order valence-corrected chi connectivity index (χ3v) is 7.10. The highest BCUT2D eigenvalue weighted by Gasteiger charge is 2.24. The van der Waals surface area contributed by atoms with Crippen LogP contribution in [0.25, 0.3) is 0 Å². The third-order valence-electron chi connectivity index (χ3n) is 5.69. The number of sulfonamides is 1. The summed E-state index contributed by atoms with van der Waals surface area (Å²) in [5, 5.41) is 2.74.